The van der Waals surface area contributed by atoms with Crippen LogP contribution in [0.15, 0.2) is 59.8 Å². The molecule has 0 bridgehead atoms. The molecule has 2 aromatic carbocycles. The highest BCUT2D eigenvalue weighted by Gasteiger charge is 2.27. The number of likely N-dealkylation sites (tertiary alicyclic amines) is 1. The molecule has 0 unspecified atom stereocenters. The molecule has 0 saturated carbocycles. The van der Waals surface area contributed by atoms with Crippen LogP contribution in [0.4, 0.5) is 0 Å². The third-order valence-electron chi connectivity index (χ3n) is 5.20. The van der Waals surface area contributed by atoms with Gasteiger partial charge in [0, 0.05) is 19.0 Å². The SMILES string of the molecule is O=C(CSc1nnnn1-c1ccccc1)N1CCC[C@@H](c2nc3ccccc3s2)C1. The largest absolute Gasteiger partial charge is 0.341 e. The molecule has 1 aliphatic rings. The first-order chi connectivity index (χ1) is 14.8. The van der Waals surface area contributed by atoms with Crippen molar-refractivity contribution in [3.63, 3.8) is 0 Å². The summed E-state index contributed by atoms with van der Waals surface area (Å²) < 4.78 is 2.87. The van der Waals surface area contributed by atoms with Crippen LogP contribution in [0.2, 0.25) is 0 Å². The van der Waals surface area contributed by atoms with Crippen molar-refractivity contribution in [2.75, 3.05) is 18.8 Å². The molecule has 9 heteroatoms. The average molecular weight is 437 g/mol. The minimum Gasteiger partial charge on any atom is -0.341 e. The van der Waals surface area contributed by atoms with Gasteiger partial charge in [-0.1, -0.05) is 42.1 Å². The van der Waals surface area contributed by atoms with Gasteiger partial charge in [0.25, 0.3) is 0 Å². The van der Waals surface area contributed by atoms with Crippen LogP contribution in [0.3, 0.4) is 0 Å². The standard InChI is InChI=1S/C21H20N6OS2/c28-19(14-29-21-23-24-25-27(21)16-8-2-1-3-9-16)26-12-6-7-15(13-26)20-22-17-10-4-5-11-18(17)30-20/h1-5,8-11,15H,6-7,12-14H2/t15-/m1/s1. The van der Waals surface area contributed by atoms with Crippen LogP contribution in [0.1, 0.15) is 23.8 Å². The van der Waals surface area contributed by atoms with Crippen LogP contribution in [-0.2, 0) is 4.79 Å². The number of para-hydroxylation sites is 2. The third-order valence-corrected chi connectivity index (χ3v) is 7.30. The van der Waals surface area contributed by atoms with Gasteiger partial charge in [-0.05, 0) is 47.5 Å². The Bertz CT molecular complexity index is 1130. The summed E-state index contributed by atoms with van der Waals surface area (Å²) in [6.45, 7) is 1.52. The van der Waals surface area contributed by atoms with E-state index in [1.54, 1.807) is 16.0 Å². The number of thiazole rings is 1. The summed E-state index contributed by atoms with van der Waals surface area (Å²) in [4.78, 5) is 19.7. The van der Waals surface area contributed by atoms with Crippen LogP contribution < -0.4 is 0 Å². The van der Waals surface area contributed by atoms with Crippen LogP contribution in [-0.4, -0.2) is 54.8 Å². The highest BCUT2D eigenvalue weighted by Crippen LogP contribution is 2.33. The van der Waals surface area contributed by atoms with E-state index in [0.29, 0.717) is 16.8 Å². The lowest BCUT2D eigenvalue weighted by molar-refractivity contribution is -0.129. The van der Waals surface area contributed by atoms with Crippen molar-refractivity contribution in [2.24, 2.45) is 0 Å². The topological polar surface area (TPSA) is 76.8 Å². The molecular weight excluding hydrogens is 416 g/mol. The van der Waals surface area contributed by atoms with Crippen molar-refractivity contribution >= 4 is 39.2 Å². The molecule has 1 amide bonds. The Morgan fingerprint density at radius 3 is 2.83 bits per heavy atom. The van der Waals surface area contributed by atoms with Crippen LogP contribution in [0.5, 0.6) is 0 Å². The van der Waals surface area contributed by atoms with E-state index >= 15 is 0 Å². The molecule has 1 atom stereocenters. The maximum atomic E-state index is 12.9. The van der Waals surface area contributed by atoms with Crippen molar-refractivity contribution in [3.8, 4) is 5.69 Å². The molecule has 3 heterocycles. The minimum atomic E-state index is 0.119. The number of nitrogens with zero attached hydrogens (tertiary/aromatic N) is 6. The summed E-state index contributed by atoms with van der Waals surface area (Å²) in [5.74, 6) is 0.743. The highest BCUT2D eigenvalue weighted by atomic mass is 32.2. The molecule has 0 N–H and O–H groups in total. The Hall–Kier alpha value is -2.78. The number of tetrazole rings is 1. The lowest BCUT2D eigenvalue weighted by Crippen LogP contribution is -2.40. The van der Waals surface area contributed by atoms with Gasteiger partial charge in [-0.25, -0.2) is 4.98 Å². The average Bonchev–Trinajstić information content (AvgIpc) is 3.45. The number of rotatable bonds is 5. The summed E-state index contributed by atoms with van der Waals surface area (Å²) in [5.41, 5.74) is 1.93. The summed E-state index contributed by atoms with van der Waals surface area (Å²) in [6, 6.07) is 17.9. The molecule has 0 radical (unpaired) electrons. The summed E-state index contributed by atoms with van der Waals surface area (Å²) in [6.07, 6.45) is 2.07. The first kappa shape index (κ1) is 19.2. The van der Waals surface area contributed by atoms with Gasteiger partial charge >= 0.3 is 0 Å². The Morgan fingerprint density at radius 1 is 1.13 bits per heavy atom. The van der Waals surface area contributed by atoms with Crippen molar-refractivity contribution < 1.29 is 4.79 Å². The fourth-order valence-corrected chi connectivity index (χ4v) is 5.57. The molecule has 0 aliphatic carbocycles. The predicted octanol–water partition coefficient (Wildman–Crippen LogP) is 3.77. The first-order valence-electron chi connectivity index (χ1n) is 9.88. The van der Waals surface area contributed by atoms with Crippen molar-refractivity contribution in [3.05, 3.63) is 59.6 Å². The maximum absolute atomic E-state index is 12.9. The zero-order chi connectivity index (χ0) is 20.3. The number of carbonyl (C=O) groups is 1. The quantitative estimate of drug-likeness (QED) is 0.443. The van der Waals surface area contributed by atoms with Gasteiger partial charge in [0.05, 0.1) is 26.7 Å². The van der Waals surface area contributed by atoms with E-state index in [9.17, 15) is 4.79 Å². The van der Waals surface area contributed by atoms with E-state index in [1.807, 2.05) is 47.4 Å². The molecule has 1 fully saturated rings. The summed E-state index contributed by atoms with van der Waals surface area (Å²) >= 11 is 3.12. The number of hydrogen-bond acceptors (Lipinski definition) is 7. The first-order valence-corrected chi connectivity index (χ1v) is 11.7. The molecule has 7 nitrogen and oxygen atoms in total. The Morgan fingerprint density at radius 2 is 1.97 bits per heavy atom. The molecule has 1 saturated heterocycles. The van der Waals surface area contributed by atoms with Gasteiger partial charge < -0.3 is 4.90 Å². The molecule has 4 aromatic rings. The summed E-state index contributed by atoms with van der Waals surface area (Å²) in [7, 11) is 0. The second-order valence-corrected chi connectivity index (χ2v) is 9.20. The normalized spacial score (nSPS) is 16.8. The predicted molar refractivity (Wildman–Crippen MR) is 118 cm³/mol. The number of aromatic nitrogens is 5. The monoisotopic (exact) mass is 436 g/mol. The number of amides is 1. The van der Waals surface area contributed by atoms with E-state index in [2.05, 4.69) is 27.7 Å². The molecular formula is C21H20N6OS2. The van der Waals surface area contributed by atoms with Crippen molar-refractivity contribution in [1.82, 2.24) is 30.1 Å². The number of hydrogen-bond donors (Lipinski definition) is 0. The van der Waals surface area contributed by atoms with Crippen LogP contribution >= 0.6 is 23.1 Å². The maximum Gasteiger partial charge on any atom is 0.233 e. The van der Waals surface area contributed by atoms with Gasteiger partial charge in [-0.15, -0.1) is 16.4 Å². The van der Waals surface area contributed by atoms with Crippen molar-refractivity contribution in [2.45, 2.75) is 23.9 Å². The van der Waals surface area contributed by atoms with Gasteiger partial charge in [-0.3, -0.25) is 4.79 Å². The second-order valence-electron chi connectivity index (χ2n) is 7.20. The van der Waals surface area contributed by atoms with Crippen molar-refractivity contribution in [1.29, 1.82) is 0 Å². The minimum absolute atomic E-state index is 0.119. The highest BCUT2D eigenvalue weighted by molar-refractivity contribution is 7.99. The molecule has 30 heavy (non-hydrogen) atoms. The third kappa shape index (κ3) is 3.95. The molecule has 0 spiro atoms. The van der Waals surface area contributed by atoms with Gasteiger partial charge in [0.1, 0.15) is 0 Å². The Kier molecular flexibility index (Phi) is 5.46. The van der Waals surface area contributed by atoms with Crippen LogP contribution in [0, 0.1) is 0 Å². The van der Waals surface area contributed by atoms with E-state index in [1.165, 1.54) is 16.5 Å². The fourth-order valence-electron chi connectivity index (χ4n) is 3.69. The van der Waals surface area contributed by atoms with E-state index in [-0.39, 0.29) is 5.91 Å². The van der Waals surface area contributed by atoms with Gasteiger partial charge in [0.2, 0.25) is 11.1 Å². The smallest absolute Gasteiger partial charge is 0.233 e. The zero-order valence-corrected chi connectivity index (χ0v) is 17.9. The number of benzene rings is 2. The molecule has 1 aliphatic heterocycles. The van der Waals surface area contributed by atoms with E-state index in [0.717, 1.165) is 42.1 Å². The Labute approximate surface area is 182 Å². The number of piperidine rings is 1. The fraction of sp³-hybridized carbons (Fsp3) is 0.286. The Balaban J connectivity index is 1.24. The second kappa shape index (κ2) is 8.53. The molecule has 5 rings (SSSR count). The zero-order valence-electron chi connectivity index (χ0n) is 16.2. The molecule has 152 valence electrons. The number of thioether (sulfide) groups is 1. The van der Waals surface area contributed by atoms with Gasteiger partial charge in [0.15, 0.2) is 0 Å². The summed E-state index contributed by atoms with van der Waals surface area (Å²) in [5, 5.41) is 13.7. The number of fused-ring (bicyclic) bond motifs is 1. The lowest BCUT2D eigenvalue weighted by atomic mass is 9.99. The van der Waals surface area contributed by atoms with Gasteiger partial charge in [-0.2, -0.15) is 4.68 Å². The lowest BCUT2D eigenvalue weighted by Gasteiger charge is -2.31. The van der Waals surface area contributed by atoms with E-state index < -0.39 is 0 Å². The number of carbonyl (C=O) groups excluding carboxylic acids is 1. The molecule has 2 aromatic heterocycles. The van der Waals surface area contributed by atoms with E-state index in [4.69, 9.17) is 4.98 Å². The van der Waals surface area contributed by atoms with Crippen LogP contribution in [0.25, 0.3) is 15.9 Å².